The predicted octanol–water partition coefficient (Wildman–Crippen LogP) is 3.32. The average molecular weight is 294 g/mol. The molecule has 3 rings (SSSR count). The van der Waals surface area contributed by atoms with Crippen molar-refractivity contribution in [1.29, 1.82) is 5.26 Å². The van der Waals surface area contributed by atoms with Crippen molar-refractivity contribution in [2.45, 2.75) is 12.5 Å². The van der Waals surface area contributed by atoms with Gasteiger partial charge < -0.3 is 15.2 Å². The summed E-state index contributed by atoms with van der Waals surface area (Å²) in [5, 5.41) is 20.3. The van der Waals surface area contributed by atoms with Crippen molar-refractivity contribution in [3.05, 3.63) is 53.6 Å². The molecule has 0 saturated heterocycles. The van der Waals surface area contributed by atoms with Crippen LogP contribution in [0.2, 0.25) is 0 Å². The third-order valence-electron chi connectivity index (χ3n) is 3.69. The molecule has 1 aliphatic rings. The summed E-state index contributed by atoms with van der Waals surface area (Å²) in [4.78, 5) is 10.9. The summed E-state index contributed by atoms with van der Waals surface area (Å²) in [6.45, 7) is 0.494. The van der Waals surface area contributed by atoms with Crippen LogP contribution < -0.4 is 10.1 Å². The lowest BCUT2D eigenvalue weighted by atomic mass is 9.95. The first-order valence-corrected chi connectivity index (χ1v) is 6.94. The summed E-state index contributed by atoms with van der Waals surface area (Å²) in [6, 6.07) is 14.8. The lowest BCUT2D eigenvalue weighted by Gasteiger charge is -2.26. The molecule has 0 spiro atoms. The molecule has 1 amide bonds. The molecule has 1 atom stereocenters. The quantitative estimate of drug-likeness (QED) is 0.890. The van der Waals surface area contributed by atoms with Gasteiger partial charge >= 0.3 is 6.09 Å². The number of hydrogen-bond acceptors (Lipinski definition) is 3. The Morgan fingerprint density at radius 2 is 1.95 bits per heavy atom. The van der Waals surface area contributed by atoms with Crippen molar-refractivity contribution < 1.29 is 14.6 Å². The van der Waals surface area contributed by atoms with Crippen molar-refractivity contribution in [3.8, 4) is 22.9 Å². The number of carbonyl (C=O) groups is 1. The summed E-state index contributed by atoms with van der Waals surface area (Å²) in [7, 11) is 0. The van der Waals surface area contributed by atoms with Crippen LogP contribution >= 0.6 is 0 Å². The fraction of sp³-hybridized carbons (Fsp3) is 0.176. The normalized spacial score (nSPS) is 16.0. The van der Waals surface area contributed by atoms with Gasteiger partial charge in [-0.2, -0.15) is 5.26 Å². The minimum absolute atomic E-state index is 0.264. The number of amides is 1. The van der Waals surface area contributed by atoms with Gasteiger partial charge in [-0.25, -0.2) is 4.79 Å². The molecule has 5 nitrogen and oxygen atoms in total. The molecule has 1 heterocycles. The van der Waals surface area contributed by atoms with E-state index in [1.54, 1.807) is 12.1 Å². The van der Waals surface area contributed by atoms with Gasteiger partial charge in [0.05, 0.1) is 24.3 Å². The van der Waals surface area contributed by atoms with E-state index in [-0.39, 0.29) is 6.04 Å². The Hall–Kier alpha value is -3.00. The smallest absolute Gasteiger partial charge is 0.405 e. The van der Waals surface area contributed by atoms with E-state index in [2.05, 4.69) is 11.4 Å². The van der Waals surface area contributed by atoms with Crippen LogP contribution in [0.3, 0.4) is 0 Å². The van der Waals surface area contributed by atoms with Gasteiger partial charge in [0.25, 0.3) is 0 Å². The number of nitriles is 1. The van der Waals surface area contributed by atoms with E-state index < -0.39 is 6.09 Å². The zero-order valence-corrected chi connectivity index (χ0v) is 11.7. The Morgan fingerprint density at radius 3 is 2.64 bits per heavy atom. The Morgan fingerprint density at radius 1 is 1.23 bits per heavy atom. The molecule has 22 heavy (non-hydrogen) atoms. The zero-order chi connectivity index (χ0) is 15.5. The van der Waals surface area contributed by atoms with Gasteiger partial charge in [-0.15, -0.1) is 0 Å². The molecule has 2 N–H and O–H groups in total. The van der Waals surface area contributed by atoms with E-state index in [9.17, 15) is 4.79 Å². The Kier molecular flexibility index (Phi) is 3.67. The van der Waals surface area contributed by atoms with Crippen LogP contribution in [0.5, 0.6) is 5.75 Å². The molecular weight excluding hydrogens is 280 g/mol. The van der Waals surface area contributed by atoms with Crippen LogP contribution in [-0.2, 0) is 0 Å². The maximum Gasteiger partial charge on any atom is 0.405 e. The molecule has 1 aliphatic heterocycles. The maximum absolute atomic E-state index is 10.9. The van der Waals surface area contributed by atoms with E-state index >= 15 is 0 Å². The lowest BCUT2D eigenvalue weighted by Crippen LogP contribution is -2.30. The fourth-order valence-electron chi connectivity index (χ4n) is 2.61. The second-order valence-electron chi connectivity index (χ2n) is 5.08. The summed E-state index contributed by atoms with van der Waals surface area (Å²) >= 11 is 0. The van der Waals surface area contributed by atoms with Crippen molar-refractivity contribution in [3.63, 3.8) is 0 Å². The number of nitrogens with one attached hydrogen (secondary N) is 1. The minimum Gasteiger partial charge on any atom is -0.493 e. The van der Waals surface area contributed by atoms with Crippen LogP contribution in [-0.4, -0.2) is 17.8 Å². The van der Waals surface area contributed by atoms with Crippen molar-refractivity contribution in [1.82, 2.24) is 5.32 Å². The molecule has 1 unspecified atom stereocenters. The molecule has 2 aromatic rings. The minimum atomic E-state index is -1.04. The number of carboxylic acid groups (broad SMARTS) is 1. The number of benzene rings is 2. The lowest BCUT2D eigenvalue weighted by molar-refractivity contribution is 0.182. The highest BCUT2D eigenvalue weighted by Gasteiger charge is 2.23. The summed E-state index contributed by atoms with van der Waals surface area (Å²) < 4.78 is 5.59. The molecule has 0 bridgehead atoms. The molecular formula is C17H14N2O3. The highest BCUT2D eigenvalue weighted by Crippen LogP contribution is 2.35. The highest BCUT2D eigenvalue weighted by molar-refractivity contribution is 5.69. The molecule has 2 aromatic carbocycles. The van der Waals surface area contributed by atoms with Gasteiger partial charge in [0, 0.05) is 12.0 Å². The van der Waals surface area contributed by atoms with Gasteiger partial charge in [0.1, 0.15) is 5.75 Å². The van der Waals surface area contributed by atoms with Crippen LogP contribution in [0.15, 0.2) is 42.5 Å². The van der Waals surface area contributed by atoms with Crippen LogP contribution in [0.1, 0.15) is 23.6 Å². The second-order valence-corrected chi connectivity index (χ2v) is 5.08. The SMILES string of the molecule is N#Cc1ccc(-c2ccc3c(c2)C(NC(=O)O)CCO3)cc1. The summed E-state index contributed by atoms with van der Waals surface area (Å²) in [5.74, 6) is 0.711. The monoisotopic (exact) mass is 294 g/mol. The molecule has 0 fully saturated rings. The fourth-order valence-corrected chi connectivity index (χ4v) is 2.61. The van der Waals surface area contributed by atoms with Gasteiger partial charge in [-0.05, 0) is 35.4 Å². The van der Waals surface area contributed by atoms with E-state index in [4.69, 9.17) is 15.1 Å². The molecule has 0 saturated carbocycles. The van der Waals surface area contributed by atoms with Crippen molar-refractivity contribution in [2.24, 2.45) is 0 Å². The Labute approximate surface area is 127 Å². The van der Waals surface area contributed by atoms with Crippen LogP contribution in [0.25, 0.3) is 11.1 Å². The van der Waals surface area contributed by atoms with E-state index in [1.807, 2.05) is 30.3 Å². The Balaban J connectivity index is 1.97. The average Bonchev–Trinajstić information content (AvgIpc) is 2.54. The van der Waals surface area contributed by atoms with Gasteiger partial charge in [-0.1, -0.05) is 18.2 Å². The molecule has 0 aliphatic carbocycles. The van der Waals surface area contributed by atoms with Crippen molar-refractivity contribution in [2.75, 3.05) is 6.61 Å². The van der Waals surface area contributed by atoms with Crippen LogP contribution in [0.4, 0.5) is 4.79 Å². The van der Waals surface area contributed by atoms with E-state index in [0.29, 0.717) is 24.3 Å². The van der Waals surface area contributed by atoms with Gasteiger partial charge in [-0.3, -0.25) is 0 Å². The van der Waals surface area contributed by atoms with Crippen molar-refractivity contribution >= 4 is 6.09 Å². The summed E-state index contributed by atoms with van der Waals surface area (Å²) in [6.07, 6.45) is -0.433. The second kappa shape index (κ2) is 5.78. The zero-order valence-electron chi connectivity index (χ0n) is 11.7. The van der Waals surface area contributed by atoms with Gasteiger partial charge in [0.2, 0.25) is 0 Å². The summed E-state index contributed by atoms with van der Waals surface area (Å²) in [5.41, 5.74) is 3.39. The first-order chi connectivity index (χ1) is 10.7. The molecule has 0 aromatic heterocycles. The Bertz CT molecular complexity index is 747. The molecule has 0 radical (unpaired) electrons. The topological polar surface area (TPSA) is 82.4 Å². The van der Waals surface area contributed by atoms with Gasteiger partial charge in [0.15, 0.2) is 0 Å². The number of nitrogens with zero attached hydrogens (tertiary/aromatic N) is 1. The number of ether oxygens (including phenoxy) is 1. The largest absolute Gasteiger partial charge is 0.493 e. The third-order valence-corrected chi connectivity index (χ3v) is 3.69. The van der Waals surface area contributed by atoms with Crippen LogP contribution in [0, 0.1) is 11.3 Å². The van der Waals surface area contributed by atoms with E-state index in [0.717, 1.165) is 16.7 Å². The molecule has 5 heteroatoms. The first-order valence-electron chi connectivity index (χ1n) is 6.94. The highest BCUT2D eigenvalue weighted by atomic mass is 16.5. The third kappa shape index (κ3) is 2.72. The maximum atomic E-state index is 10.9. The standard InChI is InChI=1S/C17H14N2O3/c18-10-11-1-3-12(4-2-11)13-5-6-16-14(9-13)15(7-8-22-16)19-17(20)21/h1-6,9,15,19H,7-8H2,(H,20,21). The number of hydrogen-bond donors (Lipinski definition) is 2. The molecule has 110 valence electrons. The van der Waals surface area contributed by atoms with E-state index in [1.165, 1.54) is 0 Å². The number of rotatable bonds is 2. The number of fused-ring (bicyclic) bond motifs is 1. The first kappa shape index (κ1) is 14.0. The predicted molar refractivity (Wildman–Crippen MR) is 80.6 cm³/mol.